The van der Waals surface area contributed by atoms with E-state index in [4.69, 9.17) is 9.47 Å². The SMILES string of the molecule is CCOCCOCc1c(Br)c(CC)nn1C. The van der Waals surface area contributed by atoms with Crippen LogP contribution in [0.3, 0.4) is 0 Å². The third kappa shape index (κ3) is 3.57. The summed E-state index contributed by atoms with van der Waals surface area (Å²) in [7, 11) is 1.94. The summed E-state index contributed by atoms with van der Waals surface area (Å²) >= 11 is 3.55. The van der Waals surface area contributed by atoms with Crippen LogP contribution in [0, 0.1) is 0 Å². The molecule has 4 nitrogen and oxygen atoms in total. The fraction of sp³-hybridized carbons (Fsp3) is 0.727. The summed E-state index contributed by atoms with van der Waals surface area (Å²) < 4.78 is 13.7. The second-order valence-corrected chi connectivity index (χ2v) is 4.23. The molecule has 5 heteroatoms. The predicted molar refractivity (Wildman–Crippen MR) is 66.4 cm³/mol. The zero-order valence-electron chi connectivity index (χ0n) is 10.1. The minimum Gasteiger partial charge on any atom is -0.379 e. The standard InChI is InChI=1S/C11H19BrN2O2/c1-4-9-11(12)10(14(3)13-9)8-16-7-6-15-5-2/h4-8H2,1-3H3. The normalized spacial score (nSPS) is 11.0. The van der Waals surface area contributed by atoms with Crippen LogP contribution in [0.15, 0.2) is 4.47 Å². The molecule has 0 saturated carbocycles. The van der Waals surface area contributed by atoms with Crippen molar-refractivity contribution in [3.63, 3.8) is 0 Å². The van der Waals surface area contributed by atoms with Gasteiger partial charge < -0.3 is 9.47 Å². The number of ether oxygens (including phenoxy) is 2. The zero-order valence-corrected chi connectivity index (χ0v) is 11.7. The minimum absolute atomic E-state index is 0.567. The first kappa shape index (κ1) is 13.7. The molecule has 1 aromatic heterocycles. The quantitative estimate of drug-likeness (QED) is 0.723. The van der Waals surface area contributed by atoms with Crippen LogP contribution in [-0.2, 0) is 29.5 Å². The van der Waals surface area contributed by atoms with Crippen LogP contribution in [0.5, 0.6) is 0 Å². The maximum atomic E-state index is 5.53. The van der Waals surface area contributed by atoms with E-state index >= 15 is 0 Å². The molecular weight excluding hydrogens is 272 g/mol. The first-order valence-electron chi connectivity index (χ1n) is 5.56. The van der Waals surface area contributed by atoms with E-state index in [-0.39, 0.29) is 0 Å². The van der Waals surface area contributed by atoms with Gasteiger partial charge in [0, 0.05) is 13.7 Å². The van der Waals surface area contributed by atoms with E-state index in [1.54, 1.807) is 0 Å². The van der Waals surface area contributed by atoms with Gasteiger partial charge in [-0.15, -0.1) is 0 Å². The maximum Gasteiger partial charge on any atom is 0.0897 e. The molecule has 1 heterocycles. The number of nitrogens with zero attached hydrogens (tertiary/aromatic N) is 2. The molecular formula is C11H19BrN2O2. The van der Waals surface area contributed by atoms with Crippen LogP contribution in [0.2, 0.25) is 0 Å². The summed E-state index contributed by atoms with van der Waals surface area (Å²) in [5.74, 6) is 0. The summed E-state index contributed by atoms with van der Waals surface area (Å²) in [4.78, 5) is 0. The highest BCUT2D eigenvalue weighted by molar-refractivity contribution is 9.10. The molecule has 0 fully saturated rings. The number of aryl methyl sites for hydroxylation is 2. The van der Waals surface area contributed by atoms with Crippen molar-refractivity contribution in [3.8, 4) is 0 Å². The van der Waals surface area contributed by atoms with Gasteiger partial charge in [0.05, 0.1) is 35.7 Å². The Hall–Kier alpha value is -0.390. The van der Waals surface area contributed by atoms with Crippen LogP contribution in [0.25, 0.3) is 0 Å². The molecule has 0 spiro atoms. The van der Waals surface area contributed by atoms with Gasteiger partial charge in [-0.3, -0.25) is 4.68 Å². The Kier molecular flexibility index (Phi) is 6.01. The van der Waals surface area contributed by atoms with Crippen LogP contribution in [0.1, 0.15) is 25.2 Å². The molecule has 0 N–H and O–H groups in total. The molecule has 0 aliphatic heterocycles. The molecule has 92 valence electrons. The molecule has 0 aromatic carbocycles. The van der Waals surface area contributed by atoms with Crippen LogP contribution < -0.4 is 0 Å². The molecule has 1 rings (SSSR count). The van der Waals surface area contributed by atoms with Gasteiger partial charge in [-0.25, -0.2) is 0 Å². The second kappa shape index (κ2) is 7.04. The number of halogens is 1. The Bertz CT molecular complexity index is 326. The van der Waals surface area contributed by atoms with Crippen LogP contribution in [-0.4, -0.2) is 29.6 Å². The number of hydrogen-bond acceptors (Lipinski definition) is 3. The Morgan fingerprint density at radius 1 is 1.25 bits per heavy atom. The molecule has 1 aromatic rings. The fourth-order valence-corrected chi connectivity index (χ4v) is 2.14. The third-order valence-corrected chi connectivity index (χ3v) is 3.23. The van der Waals surface area contributed by atoms with Crippen molar-refractivity contribution in [2.24, 2.45) is 7.05 Å². The fourth-order valence-electron chi connectivity index (χ4n) is 1.41. The van der Waals surface area contributed by atoms with Crippen molar-refractivity contribution >= 4 is 15.9 Å². The zero-order chi connectivity index (χ0) is 12.0. The average Bonchev–Trinajstić information content (AvgIpc) is 2.55. The highest BCUT2D eigenvalue weighted by Crippen LogP contribution is 2.21. The first-order chi connectivity index (χ1) is 7.70. The summed E-state index contributed by atoms with van der Waals surface area (Å²) in [5.41, 5.74) is 2.15. The third-order valence-electron chi connectivity index (χ3n) is 2.32. The van der Waals surface area contributed by atoms with Crippen LogP contribution in [0.4, 0.5) is 0 Å². The lowest BCUT2D eigenvalue weighted by molar-refractivity contribution is 0.0428. The van der Waals surface area contributed by atoms with E-state index in [0.29, 0.717) is 19.8 Å². The van der Waals surface area contributed by atoms with Crippen molar-refractivity contribution in [2.45, 2.75) is 26.9 Å². The Balaban J connectivity index is 2.44. The molecule has 0 aliphatic carbocycles. The molecule has 0 unspecified atom stereocenters. The lowest BCUT2D eigenvalue weighted by Crippen LogP contribution is -2.06. The van der Waals surface area contributed by atoms with Gasteiger partial charge in [0.2, 0.25) is 0 Å². The first-order valence-corrected chi connectivity index (χ1v) is 6.35. The van der Waals surface area contributed by atoms with E-state index in [2.05, 4.69) is 28.0 Å². The topological polar surface area (TPSA) is 36.3 Å². The molecule has 0 radical (unpaired) electrons. The monoisotopic (exact) mass is 290 g/mol. The van der Waals surface area contributed by atoms with Crippen molar-refractivity contribution in [1.29, 1.82) is 0 Å². The maximum absolute atomic E-state index is 5.53. The van der Waals surface area contributed by atoms with Gasteiger partial charge in [0.15, 0.2) is 0 Å². The Morgan fingerprint density at radius 2 is 1.94 bits per heavy atom. The number of hydrogen-bond donors (Lipinski definition) is 0. The summed E-state index contributed by atoms with van der Waals surface area (Å²) in [5, 5.41) is 4.40. The van der Waals surface area contributed by atoms with Gasteiger partial charge >= 0.3 is 0 Å². The molecule has 16 heavy (non-hydrogen) atoms. The smallest absolute Gasteiger partial charge is 0.0897 e. The average molecular weight is 291 g/mol. The van der Waals surface area contributed by atoms with Gasteiger partial charge in [-0.1, -0.05) is 6.92 Å². The molecule has 0 aliphatic rings. The van der Waals surface area contributed by atoms with Gasteiger partial charge in [0.1, 0.15) is 0 Å². The van der Waals surface area contributed by atoms with Crippen LogP contribution >= 0.6 is 15.9 Å². The lowest BCUT2D eigenvalue weighted by Gasteiger charge is -2.05. The highest BCUT2D eigenvalue weighted by atomic mass is 79.9. The van der Waals surface area contributed by atoms with E-state index < -0.39 is 0 Å². The van der Waals surface area contributed by atoms with Gasteiger partial charge in [-0.05, 0) is 29.3 Å². The predicted octanol–water partition coefficient (Wildman–Crippen LogP) is 2.30. The summed E-state index contributed by atoms with van der Waals surface area (Å²) in [6, 6.07) is 0. The van der Waals surface area contributed by atoms with Crippen molar-refractivity contribution in [3.05, 3.63) is 15.9 Å². The molecule has 0 saturated heterocycles. The summed E-state index contributed by atoms with van der Waals surface area (Å²) in [6.07, 6.45) is 0.924. The van der Waals surface area contributed by atoms with Gasteiger partial charge in [-0.2, -0.15) is 5.10 Å². The Labute approximate surface area is 105 Å². The highest BCUT2D eigenvalue weighted by Gasteiger charge is 2.11. The summed E-state index contributed by atoms with van der Waals surface area (Å²) in [6.45, 7) is 6.63. The largest absolute Gasteiger partial charge is 0.379 e. The number of rotatable bonds is 7. The minimum atomic E-state index is 0.567. The lowest BCUT2D eigenvalue weighted by atomic mass is 10.3. The molecule has 0 bridgehead atoms. The van der Waals surface area contributed by atoms with Crippen molar-refractivity contribution < 1.29 is 9.47 Å². The van der Waals surface area contributed by atoms with E-state index in [1.807, 2.05) is 18.7 Å². The van der Waals surface area contributed by atoms with Crippen molar-refractivity contribution in [2.75, 3.05) is 19.8 Å². The number of aromatic nitrogens is 2. The van der Waals surface area contributed by atoms with E-state index in [0.717, 1.165) is 28.9 Å². The second-order valence-electron chi connectivity index (χ2n) is 3.43. The van der Waals surface area contributed by atoms with E-state index in [9.17, 15) is 0 Å². The van der Waals surface area contributed by atoms with Gasteiger partial charge in [0.25, 0.3) is 0 Å². The van der Waals surface area contributed by atoms with E-state index in [1.165, 1.54) is 0 Å². The Morgan fingerprint density at radius 3 is 2.50 bits per heavy atom. The van der Waals surface area contributed by atoms with Crippen molar-refractivity contribution in [1.82, 2.24) is 9.78 Å². The molecule has 0 amide bonds. The molecule has 0 atom stereocenters.